The average Bonchev–Trinajstić information content (AvgIpc) is 2.75. The molecule has 0 saturated carbocycles. The van der Waals surface area contributed by atoms with Gasteiger partial charge in [-0.2, -0.15) is 33.7 Å². The highest BCUT2D eigenvalue weighted by atomic mass is 32.2. The van der Waals surface area contributed by atoms with Crippen molar-refractivity contribution in [2.75, 3.05) is 5.32 Å². The quantitative estimate of drug-likeness (QED) is 0.141. The number of nitro groups is 1. The Morgan fingerprint density at radius 3 is 1.74 bits per heavy atom. The summed E-state index contributed by atoms with van der Waals surface area (Å²) in [6.45, 7) is 0. The largest absolute Gasteiger partial charge is 0.321 e. The number of rotatable bonds is 7. The minimum absolute atomic E-state index is 0.243. The molecule has 17 nitrogen and oxygen atoms in total. The van der Waals surface area contributed by atoms with Crippen molar-refractivity contribution in [3.8, 4) is 0 Å². The fourth-order valence-electron chi connectivity index (χ4n) is 3.33. The van der Waals surface area contributed by atoms with E-state index in [1.807, 2.05) is 5.32 Å². The number of hydrogen-bond acceptors (Lipinski definition) is 11. The minimum atomic E-state index is -5.44. The van der Waals surface area contributed by atoms with Crippen molar-refractivity contribution in [1.82, 2.24) is 0 Å². The number of carbonyl (C=O) groups is 1. The van der Waals surface area contributed by atoms with Crippen LogP contribution in [0.3, 0.4) is 0 Å². The lowest BCUT2D eigenvalue weighted by Crippen LogP contribution is -2.18. The molecule has 3 aromatic carbocycles. The summed E-state index contributed by atoms with van der Waals surface area (Å²) in [6, 6.07) is 3.87. The molecule has 3 rings (SSSR count). The molecular weight excluding hydrogens is 600 g/mol. The maximum absolute atomic E-state index is 13.0. The van der Waals surface area contributed by atoms with Crippen LogP contribution in [0.15, 0.2) is 62.0 Å². The van der Waals surface area contributed by atoms with Gasteiger partial charge < -0.3 is 5.32 Å². The van der Waals surface area contributed by atoms with Gasteiger partial charge in [0.15, 0.2) is 4.90 Å². The third-order valence-electron chi connectivity index (χ3n) is 4.78. The van der Waals surface area contributed by atoms with Gasteiger partial charge in [-0.15, -0.1) is 0 Å². The molecule has 0 aromatic heterocycles. The Morgan fingerprint density at radius 2 is 1.29 bits per heavy atom. The van der Waals surface area contributed by atoms with E-state index in [2.05, 4.69) is 0 Å². The van der Waals surface area contributed by atoms with Crippen LogP contribution in [-0.2, 0) is 40.5 Å². The molecule has 0 heterocycles. The number of nitrogens with zero attached hydrogens (tertiary/aromatic N) is 1. The molecule has 0 aliphatic heterocycles. The lowest BCUT2D eigenvalue weighted by molar-refractivity contribution is -0.387. The minimum Gasteiger partial charge on any atom is -0.321 e. The summed E-state index contributed by atoms with van der Waals surface area (Å²) in [7, 11) is -21.2. The van der Waals surface area contributed by atoms with Crippen LogP contribution in [0.2, 0.25) is 0 Å². The van der Waals surface area contributed by atoms with E-state index in [0.717, 1.165) is 6.07 Å². The highest BCUT2D eigenvalue weighted by Gasteiger charge is 2.32. The lowest BCUT2D eigenvalue weighted by Gasteiger charge is -2.15. The Labute approximate surface area is 212 Å². The van der Waals surface area contributed by atoms with Gasteiger partial charge in [-0.25, -0.2) is 0 Å². The fourth-order valence-corrected chi connectivity index (χ4v) is 6.10. The number of carbonyl (C=O) groups excluding carboxylic acids is 1. The molecule has 21 heteroatoms. The molecule has 0 saturated heterocycles. The van der Waals surface area contributed by atoms with Gasteiger partial charge in [-0.3, -0.25) is 33.1 Å². The summed E-state index contributed by atoms with van der Waals surface area (Å²) in [5, 5.41) is 11.6. The topological polar surface area (TPSA) is 290 Å². The highest BCUT2D eigenvalue weighted by molar-refractivity contribution is 7.87. The van der Waals surface area contributed by atoms with Crippen LogP contribution in [-0.4, -0.2) is 62.7 Å². The molecule has 0 aliphatic rings. The van der Waals surface area contributed by atoms with Crippen LogP contribution in [0.4, 0.5) is 11.4 Å². The molecule has 0 bridgehead atoms. The average molecular weight is 613 g/mol. The van der Waals surface area contributed by atoms with Crippen LogP contribution in [0.5, 0.6) is 0 Å². The van der Waals surface area contributed by atoms with Crippen molar-refractivity contribution in [3.63, 3.8) is 0 Å². The van der Waals surface area contributed by atoms with Crippen LogP contribution in [0.25, 0.3) is 10.8 Å². The van der Waals surface area contributed by atoms with Gasteiger partial charge >= 0.3 is 10.1 Å². The van der Waals surface area contributed by atoms with E-state index in [-0.39, 0.29) is 6.07 Å². The summed E-state index contributed by atoms with van der Waals surface area (Å²) >= 11 is 0. The van der Waals surface area contributed by atoms with E-state index < -0.39 is 98.6 Å². The number of nitrogens with one attached hydrogen (secondary N) is 1. The number of amides is 1. The number of hydrogen-bond donors (Lipinski definition) is 5. The Bertz CT molecular complexity index is 1980. The van der Waals surface area contributed by atoms with Gasteiger partial charge in [0.25, 0.3) is 41.9 Å². The smallest absolute Gasteiger partial charge is 0.302 e. The van der Waals surface area contributed by atoms with Crippen LogP contribution >= 0.6 is 0 Å². The molecule has 0 atom stereocenters. The molecule has 0 aliphatic carbocycles. The maximum Gasteiger partial charge on any atom is 0.302 e. The van der Waals surface area contributed by atoms with Gasteiger partial charge in [-0.1, -0.05) is 6.07 Å². The molecule has 0 radical (unpaired) electrons. The SMILES string of the molecule is O=C(Nc1cc(S(=O)(=O)O)cc2cc(S(=O)(=O)O)cc(S(=O)(=O)O)c12)c1cccc([N+](=O)[O-])c1S(=O)(=O)O. The first kappa shape index (κ1) is 29.0. The number of benzene rings is 3. The van der Waals surface area contributed by atoms with E-state index in [0.29, 0.717) is 30.3 Å². The molecule has 0 spiro atoms. The standard InChI is InChI=1S/C17H12N2O15S4/c20-17(11-2-1-3-13(19(21)22)16(11)38(32,33)34)18-12-6-9(35(23,24)25)4-8-5-10(36(26,27)28)7-14(15(8)12)37(29,30)31/h1-7H,(H,18,20)(H,23,24,25)(H,26,27,28)(H,29,30,31)(H,32,33,34). The second kappa shape index (κ2) is 9.32. The zero-order valence-corrected chi connectivity index (χ0v) is 21.2. The monoisotopic (exact) mass is 612 g/mol. The van der Waals surface area contributed by atoms with Gasteiger partial charge in [0, 0.05) is 11.5 Å². The first-order chi connectivity index (χ1) is 17.1. The molecule has 0 fully saturated rings. The van der Waals surface area contributed by atoms with E-state index in [4.69, 9.17) is 0 Å². The Morgan fingerprint density at radius 1 is 0.763 bits per heavy atom. The second-order valence-electron chi connectivity index (χ2n) is 7.26. The van der Waals surface area contributed by atoms with Crippen molar-refractivity contribution in [1.29, 1.82) is 0 Å². The van der Waals surface area contributed by atoms with E-state index in [9.17, 15) is 66.8 Å². The van der Waals surface area contributed by atoms with Crippen molar-refractivity contribution in [2.45, 2.75) is 19.6 Å². The maximum atomic E-state index is 13.0. The van der Waals surface area contributed by atoms with E-state index in [1.54, 1.807) is 0 Å². The summed E-state index contributed by atoms with van der Waals surface area (Å²) in [5.74, 6) is -1.60. The fraction of sp³-hybridized carbons (Fsp3) is 0. The lowest BCUT2D eigenvalue weighted by atomic mass is 10.1. The zero-order valence-electron chi connectivity index (χ0n) is 17.9. The summed E-state index contributed by atoms with van der Waals surface area (Å²) in [5.41, 5.74) is -3.22. The molecule has 204 valence electrons. The van der Waals surface area contributed by atoms with Crippen LogP contribution in [0.1, 0.15) is 10.4 Å². The molecule has 5 N–H and O–H groups in total. The predicted octanol–water partition coefficient (Wildman–Crippen LogP) is 0.987. The van der Waals surface area contributed by atoms with Gasteiger partial charge in [0.2, 0.25) is 0 Å². The second-order valence-corrected chi connectivity index (χ2v) is 12.8. The van der Waals surface area contributed by atoms with E-state index in [1.165, 1.54) is 0 Å². The van der Waals surface area contributed by atoms with Crippen LogP contribution < -0.4 is 5.32 Å². The number of fused-ring (bicyclic) bond motifs is 1. The van der Waals surface area contributed by atoms with Crippen LogP contribution in [0, 0.1) is 10.1 Å². The van der Waals surface area contributed by atoms with Crippen molar-refractivity contribution < 1.29 is 61.6 Å². The first-order valence-corrected chi connectivity index (χ1v) is 15.0. The zero-order chi connectivity index (χ0) is 29.0. The number of anilines is 1. The molecular formula is C17H12N2O15S4. The first-order valence-electron chi connectivity index (χ1n) is 9.23. The van der Waals surface area contributed by atoms with Crippen molar-refractivity contribution in [2.24, 2.45) is 0 Å². The molecule has 0 unspecified atom stereocenters. The third kappa shape index (κ3) is 5.78. The van der Waals surface area contributed by atoms with Gasteiger partial charge in [-0.05, 0) is 35.7 Å². The Kier molecular flexibility index (Phi) is 7.11. The molecule has 38 heavy (non-hydrogen) atoms. The number of nitro benzene ring substituents is 1. The van der Waals surface area contributed by atoms with Gasteiger partial charge in [0.1, 0.15) is 4.90 Å². The normalized spacial score (nSPS) is 12.8. The molecule has 3 aromatic rings. The van der Waals surface area contributed by atoms with E-state index >= 15 is 0 Å². The summed E-state index contributed by atoms with van der Waals surface area (Å²) < 4.78 is 132. The molecule has 1 amide bonds. The summed E-state index contributed by atoms with van der Waals surface area (Å²) in [4.78, 5) is 17.9. The third-order valence-corrected chi connectivity index (χ3v) is 8.26. The van der Waals surface area contributed by atoms with Crippen molar-refractivity contribution >= 4 is 68.5 Å². The Hall–Kier alpha value is -3.57. The summed E-state index contributed by atoms with van der Waals surface area (Å²) in [6.07, 6.45) is 0. The highest BCUT2D eigenvalue weighted by Crippen LogP contribution is 2.36. The Balaban J connectivity index is 2.45. The predicted molar refractivity (Wildman–Crippen MR) is 124 cm³/mol. The van der Waals surface area contributed by atoms with Gasteiger partial charge in [0.05, 0.1) is 26.0 Å². The van der Waals surface area contributed by atoms with Crippen molar-refractivity contribution in [3.05, 3.63) is 58.1 Å².